The zero-order chi connectivity index (χ0) is 43.0. The topological polar surface area (TPSA) is 78.9 Å². The molecule has 0 aliphatic heterocycles. The Balaban J connectivity index is 4.52. The molecule has 0 N–H and O–H groups in total. The number of esters is 3. The molecule has 0 aromatic carbocycles. The molecule has 0 rings (SSSR count). The minimum atomic E-state index is -0.823. The van der Waals surface area contributed by atoms with Gasteiger partial charge in [0, 0.05) is 19.3 Å². The van der Waals surface area contributed by atoms with Gasteiger partial charge in [-0.3, -0.25) is 14.4 Å². The van der Waals surface area contributed by atoms with Crippen LogP contribution in [0.2, 0.25) is 0 Å². The first-order valence-electron chi connectivity index (χ1n) is 23.4. The van der Waals surface area contributed by atoms with Crippen LogP contribution in [0.3, 0.4) is 0 Å². The monoisotopic (exact) mass is 817 g/mol. The second-order valence-corrected chi connectivity index (χ2v) is 15.0. The van der Waals surface area contributed by atoms with Crippen molar-refractivity contribution in [3.63, 3.8) is 0 Å². The third kappa shape index (κ3) is 45.0. The van der Waals surface area contributed by atoms with Crippen LogP contribution in [0, 0.1) is 0 Å². The third-order valence-corrected chi connectivity index (χ3v) is 9.34. The molecule has 0 saturated heterocycles. The quantitative estimate of drug-likeness (QED) is 0.0201. The van der Waals surface area contributed by atoms with Crippen molar-refractivity contribution in [3.8, 4) is 0 Å². The summed E-state index contributed by atoms with van der Waals surface area (Å²) < 4.78 is 16.6. The Hall–Kier alpha value is -3.93. The van der Waals surface area contributed by atoms with E-state index in [4.69, 9.17) is 14.2 Å². The van der Waals surface area contributed by atoms with Crippen molar-refractivity contribution < 1.29 is 28.6 Å². The highest BCUT2D eigenvalue weighted by Gasteiger charge is 2.19. The highest BCUT2D eigenvalue weighted by Crippen LogP contribution is 2.11. The fourth-order valence-electron chi connectivity index (χ4n) is 5.86. The second kappa shape index (κ2) is 46.8. The van der Waals surface area contributed by atoms with Crippen LogP contribution in [0.1, 0.15) is 188 Å². The van der Waals surface area contributed by atoms with Gasteiger partial charge in [-0.05, 0) is 96.3 Å². The Kier molecular flexibility index (Phi) is 43.6. The number of unbranched alkanes of at least 4 members (excludes halogenated alkanes) is 14. The van der Waals surface area contributed by atoms with Gasteiger partial charge in [0.05, 0.1) is 0 Å². The highest BCUT2D eigenvalue weighted by atomic mass is 16.6. The van der Waals surface area contributed by atoms with E-state index in [-0.39, 0.29) is 44.0 Å². The molecular formula is C53H84O6. The SMILES string of the molecule is CC\C=C/C=C\C=C/C=C\CCCCCCCC(=O)OC(COC(=O)CCC/C=C\C/C=C\C/C=C\CCCCCCCC)COC(=O)CCCC/C=C\C/C=C\CC. The van der Waals surface area contributed by atoms with Crippen molar-refractivity contribution in [2.24, 2.45) is 0 Å². The summed E-state index contributed by atoms with van der Waals surface area (Å²) in [6, 6.07) is 0. The molecule has 0 spiro atoms. The average Bonchev–Trinajstić information content (AvgIpc) is 3.23. The smallest absolute Gasteiger partial charge is 0.306 e. The Morgan fingerprint density at radius 2 is 0.763 bits per heavy atom. The van der Waals surface area contributed by atoms with E-state index in [1.54, 1.807) is 0 Å². The molecule has 1 atom stereocenters. The number of carbonyl (C=O) groups excluding carboxylic acids is 3. The van der Waals surface area contributed by atoms with Gasteiger partial charge >= 0.3 is 17.9 Å². The lowest BCUT2D eigenvalue weighted by Crippen LogP contribution is -2.30. The lowest BCUT2D eigenvalue weighted by atomic mass is 10.1. The van der Waals surface area contributed by atoms with E-state index in [2.05, 4.69) is 106 Å². The Bertz CT molecular complexity index is 1260. The lowest BCUT2D eigenvalue weighted by Gasteiger charge is -2.18. The molecule has 0 aliphatic carbocycles. The van der Waals surface area contributed by atoms with E-state index in [1.807, 2.05) is 24.3 Å². The van der Waals surface area contributed by atoms with Gasteiger partial charge in [-0.15, -0.1) is 0 Å². The number of ether oxygens (including phenoxy) is 3. The second-order valence-electron chi connectivity index (χ2n) is 15.0. The standard InChI is InChI=1S/C53H84O6/c1-4-7-10-13-16-19-21-23-25-26-28-29-31-34-37-40-43-46-52(55)58-49-50(48-57-51(54)45-42-39-36-33-18-15-12-9-6-3)59-53(56)47-44-41-38-35-32-30-27-24-22-20-17-14-11-8-5-2/h8-9,11-12,14,17-18,20,22-25,27-29,33-34,37,50H,4-7,10,13,15-16,19,21,26,30-32,35-36,38-49H2,1-3H3/b11-8-,12-9-,17-14-,22-20-,25-23-,27-24-,29-28-,33-18-,37-34-. The van der Waals surface area contributed by atoms with Crippen LogP contribution >= 0.6 is 0 Å². The summed E-state index contributed by atoms with van der Waals surface area (Å²) in [6.45, 7) is 6.24. The van der Waals surface area contributed by atoms with Crippen LogP contribution in [0.15, 0.2) is 109 Å². The van der Waals surface area contributed by atoms with Gasteiger partial charge in [-0.1, -0.05) is 182 Å². The molecule has 332 valence electrons. The van der Waals surface area contributed by atoms with E-state index in [0.717, 1.165) is 96.3 Å². The Morgan fingerprint density at radius 1 is 0.373 bits per heavy atom. The molecule has 0 aromatic heterocycles. The van der Waals surface area contributed by atoms with Crippen LogP contribution in [0.25, 0.3) is 0 Å². The molecule has 0 heterocycles. The summed E-state index contributed by atoms with van der Waals surface area (Å²) in [7, 11) is 0. The summed E-state index contributed by atoms with van der Waals surface area (Å²) in [5, 5.41) is 0. The van der Waals surface area contributed by atoms with Crippen molar-refractivity contribution in [1.29, 1.82) is 0 Å². The molecular weight excluding hydrogens is 733 g/mol. The molecule has 0 saturated carbocycles. The van der Waals surface area contributed by atoms with Crippen LogP contribution < -0.4 is 0 Å². The Labute approximate surface area is 361 Å². The predicted octanol–water partition coefficient (Wildman–Crippen LogP) is 15.2. The van der Waals surface area contributed by atoms with Gasteiger partial charge in [-0.2, -0.15) is 0 Å². The van der Waals surface area contributed by atoms with Crippen molar-refractivity contribution in [1.82, 2.24) is 0 Å². The minimum absolute atomic E-state index is 0.123. The molecule has 0 fully saturated rings. The number of carbonyl (C=O) groups is 3. The fraction of sp³-hybridized carbons (Fsp3) is 0.604. The molecule has 59 heavy (non-hydrogen) atoms. The van der Waals surface area contributed by atoms with Gasteiger partial charge < -0.3 is 14.2 Å². The van der Waals surface area contributed by atoms with Gasteiger partial charge in [0.1, 0.15) is 13.2 Å². The highest BCUT2D eigenvalue weighted by molar-refractivity contribution is 5.71. The molecule has 0 bridgehead atoms. The normalized spacial score (nSPS) is 13.1. The molecule has 0 radical (unpaired) electrons. The molecule has 6 nitrogen and oxygen atoms in total. The fourth-order valence-corrected chi connectivity index (χ4v) is 5.86. The van der Waals surface area contributed by atoms with E-state index in [1.165, 1.54) is 44.9 Å². The third-order valence-electron chi connectivity index (χ3n) is 9.34. The Morgan fingerprint density at radius 3 is 1.34 bits per heavy atom. The van der Waals surface area contributed by atoms with Crippen molar-refractivity contribution in [2.45, 2.75) is 194 Å². The average molecular weight is 817 g/mol. The van der Waals surface area contributed by atoms with Gasteiger partial charge in [0.15, 0.2) is 6.10 Å². The lowest BCUT2D eigenvalue weighted by molar-refractivity contribution is -0.167. The minimum Gasteiger partial charge on any atom is -0.462 e. The first-order chi connectivity index (χ1) is 29.0. The van der Waals surface area contributed by atoms with Crippen molar-refractivity contribution in [2.75, 3.05) is 13.2 Å². The van der Waals surface area contributed by atoms with E-state index in [9.17, 15) is 14.4 Å². The first-order valence-corrected chi connectivity index (χ1v) is 23.4. The maximum atomic E-state index is 12.7. The largest absolute Gasteiger partial charge is 0.462 e. The van der Waals surface area contributed by atoms with E-state index in [0.29, 0.717) is 12.8 Å². The van der Waals surface area contributed by atoms with Crippen LogP contribution in [-0.4, -0.2) is 37.2 Å². The van der Waals surface area contributed by atoms with Crippen LogP contribution in [0.4, 0.5) is 0 Å². The number of hydrogen-bond acceptors (Lipinski definition) is 6. The van der Waals surface area contributed by atoms with Crippen molar-refractivity contribution in [3.05, 3.63) is 109 Å². The van der Waals surface area contributed by atoms with Gasteiger partial charge in [0.25, 0.3) is 0 Å². The predicted molar refractivity (Wildman–Crippen MR) is 251 cm³/mol. The maximum absolute atomic E-state index is 12.7. The molecule has 0 amide bonds. The number of rotatable bonds is 40. The van der Waals surface area contributed by atoms with Crippen LogP contribution in [-0.2, 0) is 28.6 Å². The molecule has 0 aromatic rings. The first kappa shape index (κ1) is 55.1. The van der Waals surface area contributed by atoms with Crippen LogP contribution in [0.5, 0.6) is 0 Å². The number of allylic oxidation sites excluding steroid dienone is 18. The zero-order valence-corrected chi connectivity index (χ0v) is 37.7. The summed E-state index contributed by atoms with van der Waals surface area (Å²) in [4.78, 5) is 37.7. The van der Waals surface area contributed by atoms with E-state index < -0.39 is 6.10 Å². The van der Waals surface area contributed by atoms with Gasteiger partial charge in [0.2, 0.25) is 0 Å². The molecule has 1 unspecified atom stereocenters. The maximum Gasteiger partial charge on any atom is 0.306 e. The van der Waals surface area contributed by atoms with E-state index >= 15 is 0 Å². The van der Waals surface area contributed by atoms with Crippen molar-refractivity contribution >= 4 is 17.9 Å². The zero-order valence-electron chi connectivity index (χ0n) is 37.7. The summed E-state index contributed by atoms with van der Waals surface area (Å²) in [6.07, 6.45) is 62.3. The summed E-state index contributed by atoms with van der Waals surface area (Å²) in [5.41, 5.74) is 0. The molecule has 0 aliphatic rings. The summed E-state index contributed by atoms with van der Waals surface area (Å²) >= 11 is 0. The van der Waals surface area contributed by atoms with Gasteiger partial charge in [-0.25, -0.2) is 0 Å². The summed E-state index contributed by atoms with van der Waals surface area (Å²) in [5.74, 6) is -1.05. The number of hydrogen-bond donors (Lipinski definition) is 0. The molecule has 6 heteroatoms.